The Morgan fingerprint density at radius 3 is 2.76 bits per heavy atom. The molecular formula is C16H21NO4. The summed E-state index contributed by atoms with van der Waals surface area (Å²) in [5.41, 5.74) is 0. The maximum atomic E-state index is 12.1. The van der Waals surface area contributed by atoms with Crippen LogP contribution in [0.2, 0.25) is 0 Å². The van der Waals surface area contributed by atoms with E-state index in [1.165, 1.54) is 0 Å². The summed E-state index contributed by atoms with van der Waals surface area (Å²) >= 11 is 0. The Bertz CT molecular complexity index is 474. The fourth-order valence-corrected chi connectivity index (χ4v) is 2.61. The van der Waals surface area contributed by atoms with Crippen LogP contribution in [-0.4, -0.2) is 41.6 Å². The minimum absolute atomic E-state index is 0.0288. The number of rotatable bonds is 6. The van der Waals surface area contributed by atoms with Crippen LogP contribution >= 0.6 is 0 Å². The van der Waals surface area contributed by atoms with Crippen molar-refractivity contribution in [2.24, 2.45) is 5.92 Å². The van der Waals surface area contributed by atoms with Crippen molar-refractivity contribution >= 4 is 11.9 Å². The standard InChI is InChI=1S/C16H21NO4/c18-15(12-21-14-6-2-1-3-7-14)17-10-4-5-13(11-17)8-9-16(19)20/h1-3,6-7,13H,4-5,8-12H2,(H,19,20). The molecule has 0 aromatic heterocycles. The summed E-state index contributed by atoms with van der Waals surface area (Å²) in [5, 5.41) is 8.73. The van der Waals surface area contributed by atoms with Crippen LogP contribution in [0.5, 0.6) is 5.75 Å². The van der Waals surface area contributed by atoms with Gasteiger partial charge in [-0.25, -0.2) is 0 Å². The van der Waals surface area contributed by atoms with Crippen molar-refractivity contribution < 1.29 is 19.4 Å². The number of likely N-dealkylation sites (tertiary alicyclic amines) is 1. The van der Waals surface area contributed by atoms with E-state index in [2.05, 4.69) is 0 Å². The smallest absolute Gasteiger partial charge is 0.303 e. The van der Waals surface area contributed by atoms with Crippen molar-refractivity contribution in [1.29, 1.82) is 0 Å². The molecular weight excluding hydrogens is 270 g/mol. The van der Waals surface area contributed by atoms with Gasteiger partial charge in [0.15, 0.2) is 6.61 Å². The number of carboxylic acids is 1. The van der Waals surface area contributed by atoms with Crippen LogP contribution in [0.25, 0.3) is 0 Å². The average Bonchev–Trinajstić information content (AvgIpc) is 2.52. The first-order chi connectivity index (χ1) is 10.1. The van der Waals surface area contributed by atoms with E-state index >= 15 is 0 Å². The summed E-state index contributed by atoms with van der Waals surface area (Å²) in [6.07, 6.45) is 2.74. The lowest BCUT2D eigenvalue weighted by Crippen LogP contribution is -2.42. The van der Waals surface area contributed by atoms with Crippen molar-refractivity contribution in [2.75, 3.05) is 19.7 Å². The molecule has 1 aromatic rings. The topological polar surface area (TPSA) is 66.8 Å². The minimum atomic E-state index is -0.772. The number of nitrogens with zero attached hydrogens (tertiary/aromatic N) is 1. The number of amides is 1. The molecule has 1 amide bonds. The molecule has 5 heteroatoms. The second-order valence-corrected chi connectivity index (χ2v) is 5.38. The number of hydrogen-bond acceptors (Lipinski definition) is 3. The quantitative estimate of drug-likeness (QED) is 0.872. The highest BCUT2D eigenvalue weighted by molar-refractivity contribution is 5.77. The van der Waals surface area contributed by atoms with Gasteiger partial charge in [0.05, 0.1) is 0 Å². The van der Waals surface area contributed by atoms with E-state index in [0.29, 0.717) is 18.7 Å². The van der Waals surface area contributed by atoms with E-state index in [1.807, 2.05) is 30.3 Å². The lowest BCUT2D eigenvalue weighted by atomic mass is 9.93. The van der Waals surface area contributed by atoms with Gasteiger partial charge in [0, 0.05) is 19.5 Å². The van der Waals surface area contributed by atoms with E-state index in [0.717, 1.165) is 19.4 Å². The highest BCUT2D eigenvalue weighted by Crippen LogP contribution is 2.21. The van der Waals surface area contributed by atoms with Gasteiger partial charge in [-0.3, -0.25) is 9.59 Å². The average molecular weight is 291 g/mol. The summed E-state index contributed by atoms with van der Waals surface area (Å²) in [7, 11) is 0. The fraction of sp³-hybridized carbons (Fsp3) is 0.500. The molecule has 0 radical (unpaired) electrons. The van der Waals surface area contributed by atoms with E-state index in [9.17, 15) is 9.59 Å². The molecule has 1 aromatic carbocycles. The maximum absolute atomic E-state index is 12.1. The molecule has 1 saturated heterocycles. The van der Waals surface area contributed by atoms with Crippen molar-refractivity contribution in [3.63, 3.8) is 0 Å². The molecule has 2 rings (SSSR count). The summed E-state index contributed by atoms with van der Waals surface area (Å²) in [4.78, 5) is 24.5. The number of hydrogen-bond donors (Lipinski definition) is 1. The Morgan fingerprint density at radius 1 is 1.29 bits per heavy atom. The molecule has 21 heavy (non-hydrogen) atoms. The third-order valence-corrected chi connectivity index (χ3v) is 3.74. The molecule has 1 atom stereocenters. The van der Waals surface area contributed by atoms with Gasteiger partial charge in [-0.2, -0.15) is 0 Å². The fourth-order valence-electron chi connectivity index (χ4n) is 2.61. The molecule has 1 aliphatic heterocycles. The van der Waals surface area contributed by atoms with Gasteiger partial charge in [-0.15, -0.1) is 0 Å². The van der Waals surface area contributed by atoms with Crippen molar-refractivity contribution in [3.05, 3.63) is 30.3 Å². The predicted molar refractivity (Wildman–Crippen MR) is 78.1 cm³/mol. The van der Waals surface area contributed by atoms with E-state index in [-0.39, 0.29) is 24.9 Å². The molecule has 5 nitrogen and oxygen atoms in total. The number of aliphatic carboxylic acids is 1. The molecule has 0 saturated carbocycles. The molecule has 1 aliphatic rings. The summed E-state index contributed by atoms with van der Waals surface area (Å²) in [6.45, 7) is 1.42. The van der Waals surface area contributed by atoms with Gasteiger partial charge in [0.25, 0.3) is 5.91 Å². The summed E-state index contributed by atoms with van der Waals surface area (Å²) < 4.78 is 5.47. The maximum Gasteiger partial charge on any atom is 0.303 e. The normalized spacial score (nSPS) is 18.3. The van der Waals surface area contributed by atoms with Gasteiger partial charge in [-0.1, -0.05) is 18.2 Å². The number of para-hydroxylation sites is 1. The van der Waals surface area contributed by atoms with Crippen LogP contribution in [0, 0.1) is 5.92 Å². The Kier molecular flexibility index (Phi) is 5.60. The van der Waals surface area contributed by atoms with Crippen molar-refractivity contribution in [1.82, 2.24) is 4.90 Å². The van der Waals surface area contributed by atoms with Crippen molar-refractivity contribution in [3.8, 4) is 5.75 Å². The largest absolute Gasteiger partial charge is 0.484 e. The van der Waals surface area contributed by atoms with E-state index < -0.39 is 5.97 Å². The number of ether oxygens (including phenoxy) is 1. The van der Waals surface area contributed by atoms with E-state index in [1.54, 1.807) is 4.90 Å². The number of carbonyl (C=O) groups excluding carboxylic acids is 1. The minimum Gasteiger partial charge on any atom is -0.484 e. The van der Waals surface area contributed by atoms with Gasteiger partial charge >= 0.3 is 5.97 Å². The number of piperidine rings is 1. The first kappa shape index (κ1) is 15.4. The third-order valence-electron chi connectivity index (χ3n) is 3.74. The third kappa shape index (κ3) is 5.10. The first-order valence-electron chi connectivity index (χ1n) is 7.32. The Balaban J connectivity index is 1.77. The zero-order valence-electron chi connectivity index (χ0n) is 12.0. The monoisotopic (exact) mass is 291 g/mol. The summed E-state index contributed by atoms with van der Waals surface area (Å²) in [6, 6.07) is 9.26. The second-order valence-electron chi connectivity index (χ2n) is 5.38. The Hall–Kier alpha value is -2.04. The number of carbonyl (C=O) groups is 2. The van der Waals surface area contributed by atoms with E-state index in [4.69, 9.17) is 9.84 Å². The Labute approximate surface area is 124 Å². The van der Waals surface area contributed by atoms with Gasteiger partial charge in [0.2, 0.25) is 0 Å². The van der Waals surface area contributed by atoms with Crippen LogP contribution in [0.15, 0.2) is 30.3 Å². The van der Waals surface area contributed by atoms with Gasteiger partial charge in [-0.05, 0) is 37.3 Å². The molecule has 0 bridgehead atoms. The lowest BCUT2D eigenvalue weighted by Gasteiger charge is -2.32. The van der Waals surface area contributed by atoms with Crippen molar-refractivity contribution in [2.45, 2.75) is 25.7 Å². The van der Waals surface area contributed by atoms with Crippen LogP contribution in [-0.2, 0) is 9.59 Å². The van der Waals surface area contributed by atoms with Gasteiger partial charge in [0.1, 0.15) is 5.75 Å². The predicted octanol–water partition coefficient (Wildman–Crippen LogP) is 2.17. The molecule has 1 N–H and O–H groups in total. The summed E-state index contributed by atoms with van der Waals surface area (Å²) in [5.74, 6) is 0.172. The molecule has 1 unspecified atom stereocenters. The second kappa shape index (κ2) is 7.67. The first-order valence-corrected chi connectivity index (χ1v) is 7.32. The van der Waals surface area contributed by atoms with Crippen LogP contribution in [0.3, 0.4) is 0 Å². The molecule has 0 aliphatic carbocycles. The highest BCUT2D eigenvalue weighted by atomic mass is 16.5. The van der Waals surface area contributed by atoms with Crippen LogP contribution < -0.4 is 4.74 Å². The van der Waals surface area contributed by atoms with Crippen LogP contribution in [0.4, 0.5) is 0 Å². The molecule has 1 heterocycles. The van der Waals surface area contributed by atoms with Crippen LogP contribution in [0.1, 0.15) is 25.7 Å². The molecule has 114 valence electrons. The zero-order chi connectivity index (χ0) is 15.1. The Morgan fingerprint density at radius 2 is 2.05 bits per heavy atom. The highest BCUT2D eigenvalue weighted by Gasteiger charge is 2.24. The zero-order valence-corrected chi connectivity index (χ0v) is 12.0. The lowest BCUT2D eigenvalue weighted by molar-refractivity contribution is -0.137. The number of benzene rings is 1. The number of carboxylic acid groups (broad SMARTS) is 1. The SMILES string of the molecule is O=C(O)CCC1CCCN(C(=O)COc2ccccc2)C1. The molecule has 1 fully saturated rings. The van der Waals surface area contributed by atoms with Gasteiger partial charge < -0.3 is 14.7 Å². The molecule has 0 spiro atoms.